The number of rotatable bonds is 6. The number of hydrogen-bond acceptors (Lipinski definition) is 6. The summed E-state index contributed by atoms with van der Waals surface area (Å²) in [7, 11) is 0. The van der Waals surface area contributed by atoms with Crippen LogP contribution in [-0.4, -0.2) is 38.6 Å². The molecule has 3 rings (SSSR count). The van der Waals surface area contributed by atoms with Gasteiger partial charge in [0.15, 0.2) is 13.1 Å². The normalized spacial score (nSPS) is 24.3. The Bertz CT molecular complexity index is 503. The number of benzene rings is 1. The maximum absolute atomic E-state index is 12.1. The van der Waals surface area contributed by atoms with E-state index in [9.17, 15) is 4.79 Å². The van der Waals surface area contributed by atoms with Crippen molar-refractivity contribution in [3.05, 3.63) is 29.8 Å². The molecule has 0 N–H and O–H groups in total. The van der Waals surface area contributed by atoms with Gasteiger partial charge in [-0.3, -0.25) is 0 Å². The fourth-order valence-corrected chi connectivity index (χ4v) is 2.70. The van der Waals surface area contributed by atoms with Gasteiger partial charge in [0, 0.05) is 13.0 Å². The van der Waals surface area contributed by atoms with Crippen LogP contribution in [0.5, 0.6) is 5.75 Å². The van der Waals surface area contributed by atoms with Crippen LogP contribution in [-0.2, 0) is 18.9 Å². The van der Waals surface area contributed by atoms with Crippen molar-refractivity contribution in [2.75, 3.05) is 20.0 Å². The zero-order valence-electron chi connectivity index (χ0n) is 13.8. The van der Waals surface area contributed by atoms with Crippen molar-refractivity contribution in [3.8, 4) is 5.75 Å². The van der Waals surface area contributed by atoms with Gasteiger partial charge in [0.25, 0.3) is 0 Å². The molecule has 0 bridgehead atoms. The monoisotopic (exact) mass is 336 g/mol. The molecule has 6 heteroatoms. The lowest BCUT2D eigenvalue weighted by Crippen LogP contribution is -2.25. The Hall–Kier alpha value is -1.63. The Balaban J connectivity index is 1.41. The molecule has 2 unspecified atom stereocenters. The van der Waals surface area contributed by atoms with Crippen LogP contribution >= 0.6 is 0 Å². The standard InChI is InChI=1S/C18H24O6/c19-18(24-17-6-2-4-12-21-17)14-7-9-15(10-8-14)22-13-23-16-5-1-3-11-20-16/h7-10,16-17H,1-6,11-13H2. The summed E-state index contributed by atoms with van der Waals surface area (Å²) < 4.78 is 27.2. The third-order valence-corrected chi connectivity index (χ3v) is 4.08. The molecule has 2 heterocycles. The third-order valence-electron chi connectivity index (χ3n) is 4.08. The topological polar surface area (TPSA) is 63.2 Å². The van der Waals surface area contributed by atoms with E-state index in [2.05, 4.69) is 0 Å². The Morgan fingerprint density at radius 1 is 0.958 bits per heavy atom. The molecule has 2 aliphatic rings. The molecule has 0 amide bonds. The second kappa shape index (κ2) is 9.01. The van der Waals surface area contributed by atoms with Crippen LogP contribution in [0.2, 0.25) is 0 Å². The van der Waals surface area contributed by atoms with E-state index in [-0.39, 0.29) is 19.1 Å². The molecule has 132 valence electrons. The molecule has 1 aromatic rings. The summed E-state index contributed by atoms with van der Waals surface area (Å²) in [6, 6.07) is 6.81. The minimum absolute atomic E-state index is 0.129. The van der Waals surface area contributed by atoms with E-state index in [0.29, 0.717) is 17.9 Å². The second-order valence-electron chi connectivity index (χ2n) is 5.95. The van der Waals surface area contributed by atoms with E-state index < -0.39 is 6.29 Å². The van der Waals surface area contributed by atoms with E-state index in [4.69, 9.17) is 23.7 Å². The zero-order valence-corrected chi connectivity index (χ0v) is 13.8. The lowest BCUT2D eigenvalue weighted by atomic mass is 10.2. The Morgan fingerprint density at radius 3 is 2.25 bits per heavy atom. The van der Waals surface area contributed by atoms with E-state index in [1.165, 1.54) is 0 Å². The molecule has 2 atom stereocenters. The summed E-state index contributed by atoms with van der Waals surface area (Å²) in [4.78, 5) is 12.1. The third kappa shape index (κ3) is 5.19. The van der Waals surface area contributed by atoms with Crippen molar-refractivity contribution in [2.24, 2.45) is 0 Å². The summed E-state index contributed by atoms with van der Waals surface area (Å²) in [6.45, 7) is 1.52. The number of carbonyl (C=O) groups excluding carboxylic acids is 1. The summed E-state index contributed by atoms with van der Waals surface area (Å²) in [5.41, 5.74) is 0.480. The van der Waals surface area contributed by atoms with Crippen molar-refractivity contribution in [2.45, 2.75) is 51.1 Å². The molecule has 2 saturated heterocycles. The molecule has 0 saturated carbocycles. The highest BCUT2D eigenvalue weighted by molar-refractivity contribution is 5.89. The molecule has 0 aromatic heterocycles. The predicted octanol–water partition coefficient (Wildman–Crippen LogP) is 3.25. The molecular formula is C18H24O6. The molecule has 2 fully saturated rings. The maximum Gasteiger partial charge on any atom is 0.340 e. The second-order valence-corrected chi connectivity index (χ2v) is 5.95. The summed E-state index contributed by atoms with van der Waals surface area (Å²) in [5, 5.41) is 0. The number of carbonyl (C=O) groups is 1. The van der Waals surface area contributed by atoms with E-state index in [1.54, 1.807) is 24.3 Å². The Morgan fingerprint density at radius 2 is 1.62 bits per heavy atom. The average Bonchev–Trinajstić information content (AvgIpc) is 2.64. The first kappa shape index (κ1) is 17.2. The fourth-order valence-electron chi connectivity index (χ4n) is 2.70. The molecule has 24 heavy (non-hydrogen) atoms. The molecule has 2 aliphatic heterocycles. The van der Waals surface area contributed by atoms with Gasteiger partial charge >= 0.3 is 5.97 Å². The van der Waals surface area contributed by atoms with Gasteiger partial charge in [-0.1, -0.05) is 0 Å². The summed E-state index contributed by atoms with van der Waals surface area (Å²) in [5.74, 6) is 0.261. The molecule has 0 radical (unpaired) electrons. The zero-order chi connectivity index (χ0) is 16.6. The molecule has 0 spiro atoms. The van der Waals surface area contributed by atoms with Gasteiger partial charge in [0.05, 0.1) is 12.2 Å². The van der Waals surface area contributed by atoms with Gasteiger partial charge in [-0.2, -0.15) is 0 Å². The van der Waals surface area contributed by atoms with Crippen LogP contribution in [0, 0.1) is 0 Å². The quantitative estimate of drug-likeness (QED) is 0.587. The summed E-state index contributed by atoms with van der Waals surface area (Å²) >= 11 is 0. The van der Waals surface area contributed by atoms with E-state index in [0.717, 1.165) is 45.1 Å². The lowest BCUT2D eigenvalue weighted by molar-refractivity contribution is -0.190. The van der Waals surface area contributed by atoms with Crippen LogP contribution in [0.4, 0.5) is 0 Å². The molecular weight excluding hydrogens is 312 g/mol. The van der Waals surface area contributed by atoms with Crippen molar-refractivity contribution < 1.29 is 28.5 Å². The van der Waals surface area contributed by atoms with Gasteiger partial charge in [-0.15, -0.1) is 0 Å². The largest absolute Gasteiger partial charge is 0.467 e. The van der Waals surface area contributed by atoms with Crippen LogP contribution in [0.1, 0.15) is 48.9 Å². The van der Waals surface area contributed by atoms with Crippen molar-refractivity contribution in [1.82, 2.24) is 0 Å². The highest BCUT2D eigenvalue weighted by Crippen LogP contribution is 2.18. The first-order chi connectivity index (χ1) is 11.8. The van der Waals surface area contributed by atoms with Crippen LogP contribution in [0.3, 0.4) is 0 Å². The van der Waals surface area contributed by atoms with Crippen molar-refractivity contribution in [1.29, 1.82) is 0 Å². The first-order valence-corrected chi connectivity index (χ1v) is 8.60. The van der Waals surface area contributed by atoms with Crippen molar-refractivity contribution >= 4 is 5.97 Å². The highest BCUT2D eigenvalue weighted by Gasteiger charge is 2.19. The minimum atomic E-state index is -0.425. The Labute approximate surface area is 142 Å². The highest BCUT2D eigenvalue weighted by atomic mass is 16.7. The van der Waals surface area contributed by atoms with Gasteiger partial charge in [-0.05, 0) is 56.4 Å². The average molecular weight is 336 g/mol. The number of esters is 1. The lowest BCUT2D eigenvalue weighted by Gasteiger charge is -2.22. The van der Waals surface area contributed by atoms with Gasteiger partial charge in [-0.25, -0.2) is 4.79 Å². The van der Waals surface area contributed by atoms with E-state index >= 15 is 0 Å². The fraction of sp³-hybridized carbons (Fsp3) is 0.611. The van der Waals surface area contributed by atoms with Crippen LogP contribution in [0.25, 0.3) is 0 Å². The number of ether oxygens (including phenoxy) is 5. The summed E-state index contributed by atoms with van der Waals surface area (Å²) in [6.07, 6.45) is 5.31. The van der Waals surface area contributed by atoms with Gasteiger partial charge in [0.1, 0.15) is 5.75 Å². The maximum atomic E-state index is 12.1. The Kier molecular flexibility index (Phi) is 6.46. The number of hydrogen-bond donors (Lipinski definition) is 0. The van der Waals surface area contributed by atoms with Crippen LogP contribution < -0.4 is 4.74 Å². The minimum Gasteiger partial charge on any atom is -0.467 e. The van der Waals surface area contributed by atoms with E-state index in [1.807, 2.05) is 0 Å². The SMILES string of the molecule is O=C(OC1CCCCO1)c1ccc(OCOC2CCCCO2)cc1. The first-order valence-electron chi connectivity index (χ1n) is 8.60. The van der Waals surface area contributed by atoms with Crippen LogP contribution in [0.15, 0.2) is 24.3 Å². The molecule has 0 aliphatic carbocycles. The smallest absolute Gasteiger partial charge is 0.340 e. The van der Waals surface area contributed by atoms with Gasteiger partial charge < -0.3 is 23.7 Å². The molecule has 6 nitrogen and oxygen atoms in total. The predicted molar refractivity (Wildman–Crippen MR) is 85.6 cm³/mol. The van der Waals surface area contributed by atoms with Gasteiger partial charge in [0.2, 0.25) is 6.29 Å². The van der Waals surface area contributed by atoms with Crippen molar-refractivity contribution in [3.63, 3.8) is 0 Å². The molecule has 1 aromatic carbocycles.